The zero-order valence-electron chi connectivity index (χ0n) is 12.2. The van der Waals surface area contributed by atoms with Crippen LogP contribution in [0.1, 0.15) is 25.8 Å². The third kappa shape index (κ3) is 3.37. The Hall–Kier alpha value is -1.40. The zero-order valence-corrected chi connectivity index (χ0v) is 12.2. The first-order chi connectivity index (χ1) is 9.65. The molecule has 1 saturated heterocycles. The van der Waals surface area contributed by atoms with Crippen molar-refractivity contribution in [2.75, 3.05) is 19.8 Å². The van der Waals surface area contributed by atoms with Gasteiger partial charge in [-0.25, -0.2) is 0 Å². The van der Waals surface area contributed by atoms with Crippen LogP contribution in [0.5, 0.6) is 0 Å². The molecule has 1 aromatic heterocycles. The Labute approximate surface area is 119 Å². The highest BCUT2D eigenvalue weighted by atomic mass is 16.5. The van der Waals surface area contributed by atoms with Crippen molar-refractivity contribution in [3.05, 3.63) is 18.0 Å². The highest BCUT2D eigenvalue weighted by molar-refractivity contribution is 5.71. The number of carboxylic acid groups (broad SMARTS) is 1. The van der Waals surface area contributed by atoms with Gasteiger partial charge in [-0.15, -0.1) is 0 Å². The fourth-order valence-corrected chi connectivity index (χ4v) is 2.68. The number of hydrogen-bond acceptors (Lipinski definition) is 4. The molecule has 0 saturated carbocycles. The van der Waals surface area contributed by atoms with Crippen molar-refractivity contribution in [2.45, 2.75) is 39.4 Å². The minimum Gasteiger partial charge on any atom is -0.481 e. The van der Waals surface area contributed by atoms with E-state index < -0.39 is 11.9 Å². The number of aliphatic carboxylic acids is 1. The lowest BCUT2D eigenvalue weighted by Crippen LogP contribution is -2.42. The summed E-state index contributed by atoms with van der Waals surface area (Å²) >= 11 is 0. The zero-order chi connectivity index (χ0) is 14.5. The molecule has 1 aliphatic heterocycles. The van der Waals surface area contributed by atoms with E-state index in [9.17, 15) is 9.90 Å². The maximum atomic E-state index is 11.3. The molecule has 2 heterocycles. The van der Waals surface area contributed by atoms with Crippen molar-refractivity contribution in [3.63, 3.8) is 0 Å². The smallest absolute Gasteiger partial charge is 0.310 e. The van der Waals surface area contributed by atoms with Gasteiger partial charge in [-0.1, -0.05) is 13.8 Å². The van der Waals surface area contributed by atoms with Crippen LogP contribution in [0.15, 0.2) is 12.4 Å². The van der Waals surface area contributed by atoms with Crippen molar-refractivity contribution in [1.29, 1.82) is 0 Å². The van der Waals surface area contributed by atoms with Gasteiger partial charge in [-0.3, -0.25) is 14.4 Å². The van der Waals surface area contributed by atoms with Crippen LogP contribution in [-0.4, -0.2) is 51.6 Å². The summed E-state index contributed by atoms with van der Waals surface area (Å²) < 4.78 is 7.29. The minimum absolute atomic E-state index is 0.0491. The molecule has 1 N–H and O–H groups in total. The Balaban J connectivity index is 2.02. The molecule has 0 aromatic carbocycles. The molecule has 0 bridgehead atoms. The normalized spacial score (nSPS) is 22.6. The van der Waals surface area contributed by atoms with Crippen LogP contribution in [0.3, 0.4) is 0 Å². The van der Waals surface area contributed by atoms with Gasteiger partial charge in [0.05, 0.1) is 25.3 Å². The van der Waals surface area contributed by atoms with E-state index in [4.69, 9.17) is 4.74 Å². The Morgan fingerprint density at radius 3 is 3.00 bits per heavy atom. The van der Waals surface area contributed by atoms with Gasteiger partial charge in [0, 0.05) is 30.9 Å². The lowest BCUT2D eigenvalue weighted by Gasteiger charge is -2.28. The van der Waals surface area contributed by atoms with Crippen LogP contribution >= 0.6 is 0 Å². The van der Waals surface area contributed by atoms with Crippen molar-refractivity contribution < 1.29 is 14.6 Å². The highest BCUT2D eigenvalue weighted by Crippen LogP contribution is 2.21. The number of aromatic nitrogens is 2. The van der Waals surface area contributed by atoms with Gasteiger partial charge < -0.3 is 9.84 Å². The first kappa shape index (κ1) is 15.0. The monoisotopic (exact) mass is 281 g/mol. The average molecular weight is 281 g/mol. The first-order valence-corrected chi connectivity index (χ1v) is 7.21. The second kappa shape index (κ2) is 6.85. The van der Waals surface area contributed by atoms with E-state index in [1.807, 2.05) is 24.0 Å². The summed E-state index contributed by atoms with van der Waals surface area (Å²) in [5.74, 6) is -1.20. The number of nitrogens with zero attached hydrogens (tertiary/aromatic N) is 3. The number of ether oxygens (including phenoxy) is 1. The fraction of sp³-hybridized carbons (Fsp3) is 0.714. The van der Waals surface area contributed by atoms with Crippen molar-refractivity contribution in [1.82, 2.24) is 14.7 Å². The average Bonchev–Trinajstić information content (AvgIpc) is 3.05. The molecule has 2 unspecified atom stereocenters. The number of carboxylic acids is 1. The topological polar surface area (TPSA) is 67.6 Å². The molecule has 0 radical (unpaired) electrons. The number of carbonyl (C=O) groups is 1. The summed E-state index contributed by atoms with van der Waals surface area (Å²) in [5.41, 5.74) is 1.12. The molecule has 1 fully saturated rings. The Morgan fingerprint density at radius 2 is 2.35 bits per heavy atom. The summed E-state index contributed by atoms with van der Waals surface area (Å²) in [6, 6.07) is -0.0491. The van der Waals surface area contributed by atoms with Gasteiger partial charge in [0.25, 0.3) is 0 Å². The highest BCUT2D eigenvalue weighted by Gasteiger charge is 2.37. The van der Waals surface area contributed by atoms with Crippen molar-refractivity contribution >= 4 is 5.97 Å². The van der Waals surface area contributed by atoms with Gasteiger partial charge in [0.15, 0.2) is 0 Å². The van der Waals surface area contributed by atoms with Crippen LogP contribution in [0.4, 0.5) is 0 Å². The standard InChI is InChI=1S/C14H23N3O3/c1-3-5-17-8-11(6-15-17)7-16(4-2)13-10-20-9-12(13)14(18)19/h6,8,12-13H,3-5,7,9-10H2,1-2H3,(H,18,19). The van der Waals surface area contributed by atoms with Gasteiger partial charge in [-0.2, -0.15) is 5.10 Å². The van der Waals surface area contributed by atoms with Crippen LogP contribution in [-0.2, 0) is 22.6 Å². The molecular formula is C14H23N3O3. The quantitative estimate of drug-likeness (QED) is 0.814. The summed E-state index contributed by atoms with van der Waals surface area (Å²) in [7, 11) is 0. The lowest BCUT2D eigenvalue weighted by atomic mass is 10.0. The molecule has 0 spiro atoms. The molecule has 112 valence electrons. The molecule has 2 rings (SSSR count). The van der Waals surface area contributed by atoms with Gasteiger partial charge in [0.1, 0.15) is 0 Å². The first-order valence-electron chi connectivity index (χ1n) is 7.21. The van der Waals surface area contributed by atoms with Crippen molar-refractivity contribution in [2.24, 2.45) is 5.92 Å². The second-order valence-corrected chi connectivity index (χ2v) is 5.22. The van der Waals surface area contributed by atoms with E-state index in [1.54, 1.807) is 0 Å². The summed E-state index contributed by atoms with van der Waals surface area (Å²) in [6.07, 6.45) is 4.96. The van der Waals surface area contributed by atoms with Gasteiger partial charge in [0.2, 0.25) is 0 Å². The van der Waals surface area contributed by atoms with E-state index in [-0.39, 0.29) is 6.04 Å². The fourth-order valence-electron chi connectivity index (χ4n) is 2.68. The summed E-state index contributed by atoms with van der Waals surface area (Å²) in [5, 5.41) is 13.6. The van der Waals surface area contributed by atoms with Crippen LogP contribution < -0.4 is 0 Å². The molecular weight excluding hydrogens is 258 g/mol. The Bertz CT molecular complexity index is 447. The van der Waals surface area contributed by atoms with Crippen LogP contribution in [0.25, 0.3) is 0 Å². The number of aryl methyl sites for hydroxylation is 1. The number of rotatable bonds is 7. The molecule has 0 amide bonds. The van der Waals surface area contributed by atoms with E-state index in [0.717, 1.165) is 31.6 Å². The molecule has 20 heavy (non-hydrogen) atoms. The number of hydrogen-bond donors (Lipinski definition) is 1. The molecule has 6 nitrogen and oxygen atoms in total. The van der Waals surface area contributed by atoms with Gasteiger partial charge in [-0.05, 0) is 13.0 Å². The third-order valence-corrected chi connectivity index (χ3v) is 3.77. The largest absolute Gasteiger partial charge is 0.481 e. The molecule has 1 aromatic rings. The van der Waals surface area contributed by atoms with E-state index in [1.165, 1.54) is 0 Å². The Morgan fingerprint density at radius 1 is 1.55 bits per heavy atom. The SMILES string of the molecule is CCCn1cc(CN(CC)C2COCC2C(=O)O)cn1. The van der Waals surface area contributed by atoms with Crippen LogP contribution in [0, 0.1) is 5.92 Å². The second-order valence-electron chi connectivity index (χ2n) is 5.22. The molecule has 1 aliphatic rings. The van der Waals surface area contributed by atoms with Crippen LogP contribution in [0.2, 0.25) is 0 Å². The maximum absolute atomic E-state index is 11.3. The van der Waals surface area contributed by atoms with E-state index in [2.05, 4.69) is 16.9 Å². The lowest BCUT2D eigenvalue weighted by molar-refractivity contribution is -0.143. The predicted molar refractivity (Wildman–Crippen MR) is 74.3 cm³/mol. The summed E-state index contributed by atoms with van der Waals surface area (Å²) in [6.45, 7) is 7.41. The number of likely N-dealkylation sites (N-methyl/N-ethyl adjacent to an activating group) is 1. The predicted octanol–water partition coefficient (Wildman–Crippen LogP) is 1.21. The summed E-state index contributed by atoms with van der Waals surface area (Å²) in [4.78, 5) is 13.4. The van der Waals surface area contributed by atoms with Gasteiger partial charge >= 0.3 is 5.97 Å². The minimum atomic E-state index is -0.771. The molecule has 0 aliphatic carbocycles. The van der Waals surface area contributed by atoms with Crippen molar-refractivity contribution in [3.8, 4) is 0 Å². The maximum Gasteiger partial charge on any atom is 0.310 e. The Kier molecular flexibility index (Phi) is 5.14. The van der Waals surface area contributed by atoms with E-state index in [0.29, 0.717) is 13.2 Å². The molecule has 2 atom stereocenters. The third-order valence-electron chi connectivity index (χ3n) is 3.77. The molecule has 6 heteroatoms. The van der Waals surface area contributed by atoms with E-state index >= 15 is 0 Å².